The van der Waals surface area contributed by atoms with Crippen molar-refractivity contribution in [3.63, 3.8) is 0 Å². The maximum atomic E-state index is 9.26. The fourth-order valence-corrected chi connectivity index (χ4v) is 2.74. The first-order valence-corrected chi connectivity index (χ1v) is 5.28. The largest absolute Gasteiger partial charge is 0.396 e. The molecule has 2 aliphatic rings. The van der Waals surface area contributed by atoms with E-state index in [0.29, 0.717) is 17.4 Å². The molecule has 0 aromatic heterocycles. The second-order valence-electron chi connectivity index (χ2n) is 6.15. The molecule has 2 rings (SSSR count). The zero-order valence-electron chi connectivity index (χ0n) is 9.01. The number of aliphatic hydroxyl groups is 1. The minimum atomic E-state index is 0.325. The average Bonchev–Trinajstić information content (AvgIpc) is 2.52. The lowest BCUT2D eigenvalue weighted by Crippen LogP contribution is -2.33. The summed E-state index contributed by atoms with van der Waals surface area (Å²) < 4.78 is 0. The van der Waals surface area contributed by atoms with E-state index in [1.807, 2.05) is 0 Å². The molecule has 0 radical (unpaired) electrons. The minimum Gasteiger partial charge on any atom is -0.396 e. The van der Waals surface area contributed by atoms with Crippen LogP contribution in [0.25, 0.3) is 0 Å². The molecule has 0 spiro atoms. The molecule has 1 saturated carbocycles. The van der Waals surface area contributed by atoms with Crippen molar-refractivity contribution < 1.29 is 5.11 Å². The van der Waals surface area contributed by atoms with Crippen molar-refractivity contribution in [3.05, 3.63) is 0 Å². The molecule has 2 atom stereocenters. The van der Waals surface area contributed by atoms with Gasteiger partial charge in [0.25, 0.3) is 0 Å². The SMILES string of the molecule is CC(C)(C)CN1CC2CC2(CO)C1. The van der Waals surface area contributed by atoms with E-state index in [-0.39, 0.29) is 0 Å². The van der Waals surface area contributed by atoms with Gasteiger partial charge in [-0.2, -0.15) is 0 Å². The first kappa shape index (κ1) is 9.47. The Labute approximate surface area is 80.9 Å². The van der Waals surface area contributed by atoms with Gasteiger partial charge in [-0.1, -0.05) is 20.8 Å². The zero-order chi connectivity index (χ0) is 9.69. The van der Waals surface area contributed by atoms with Gasteiger partial charge in [-0.3, -0.25) is 0 Å². The Morgan fingerprint density at radius 2 is 2.15 bits per heavy atom. The summed E-state index contributed by atoms with van der Waals surface area (Å²) in [6.07, 6.45) is 1.27. The molecule has 1 heterocycles. The van der Waals surface area contributed by atoms with Crippen LogP contribution in [0, 0.1) is 16.7 Å². The normalized spacial score (nSPS) is 39.2. The second-order valence-corrected chi connectivity index (χ2v) is 6.15. The number of rotatable bonds is 2. The molecule has 2 nitrogen and oxygen atoms in total. The van der Waals surface area contributed by atoms with Crippen LogP contribution in [-0.2, 0) is 0 Å². The third kappa shape index (κ3) is 1.75. The lowest BCUT2D eigenvalue weighted by atomic mass is 9.96. The Morgan fingerprint density at radius 1 is 1.46 bits per heavy atom. The molecule has 0 bridgehead atoms. The Hall–Kier alpha value is -0.0800. The third-order valence-electron chi connectivity index (χ3n) is 3.39. The van der Waals surface area contributed by atoms with Crippen LogP contribution < -0.4 is 0 Å². The van der Waals surface area contributed by atoms with Gasteiger partial charge in [-0.25, -0.2) is 0 Å². The zero-order valence-corrected chi connectivity index (χ0v) is 9.01. The van der Waals surface area contributed by atoms with Crippen LogP contribution in [0.2, 0.25) is 0 Å². The summed E-state index contributed by atoms with van der Waals surface area (Å²) in [6.45, 7) is 10.8. The first-order chi connectivity index (χ1) is 5.95. The van der Waals surface area contributed by atoms with E-state index < -0.39 is 0 Å². The van der Waals surface area contributed by atoms with E-state index in [9.17, 15) is 5.11 Å². The third-order valence-corrected chi connectivity index (χ3v) is 3.39. The molecule has 13 heavy (non-hydrogen) atoms. The minimum absolute atomic E-state index is 0.325. The van der Waals surface area contributed by atoms with E-state index in [1.165, 1.54) is 19.5 Å². The molecule has 1 N–H and O–H groups in total. The highest BCUT2D eigenvalue weighted by molar-refractivity contribution is 5.10. The van der Waals surface area contributed by atoms with Gasteiger partial charge in [0, 0.05) is 25.0 Å². The fraction of sp³-hybridized carbons (Fsp3) is 1.00. The lowest BCUT2D eigenvalue weighted by Gasteiger charge is -2.28. The van der Waals surface area contributed by atoms with Gasteiger partial charge >= 0.3 is 0 Å². The van der Waals surface area contributed by atoms with Gasteiger partial charge < -0.3 is 10.0 Å². The summed E-state index contributed by atoms with van der Waals surface area (Å²) in [5.74, 6) is 0.805. The maximum absolute atomic E-state index is 9.26. The molecule has 76 valence electrons. The van der Waals surface area contributed by atoms with E-state index >= 15 is 0 Å². The molecule has 0 aromatic rings. The fourth-order valence-electron chi connectivity index (χ4n) is 2.74. The van der Waals surface area contributed by atoms with Gasteiger partial charge in [0.2, 0.25) is 0 Å². The summed E-state index contributed by atoms with van der Waals surface area (Å²) in [5, 5.41) is 9.26. The Balaban J connectivity index is 1.87. The standard InChI is InChI=1S/C11H21NO/c1-10(2,3)6-12-5-9-4-11(9,7-12)8-13/h9,13H,4-8H2,1-3H3. The second kappa shape index (κ2) is 2.71. The van der Waals surface area contributed by atoms with E-state index in [1.54, 1.807) is 0 Å². The van der Waals surface area contributed by atoms with Crippen molar-refractivity contribution in [2.24, 2.45) is 16.7 Å². The molecule has 2 fully saturated rings. The quantitative estimate of drug-likeness (QED) is 0.698. The molecular formula is C11H21NO. The maximum Gasteiger partial charge on any atom is 0.0502 e. The number of hydrogen-bond acceptors (Lipinski definition) is 2. The van der Waals surface area contributed by atoms with Crippen molar-refractivity contribution in [3.8, 4) is 0 Å². The molecule has 0 aromatic carbocycles. The molecule has 1 aliphatic carbocycles. The number of hydrogen-bond donors (Lipinski definition) is 1. The predicted molar refractivity (Wildman–Crippen MR) is 53.5 cm³/mol. The summed E-state index contributed by atoms with van der Waals surface area (Å²) in [7, 11) is 0. The van der Waals surface area contributed by atoms with E-state index in [4.69, 9.17) is 0 Å². The number of nitrogens with zero attached hydrogens (tertiary/aromatic N) is 1. The van der Waals surface area contributed by atoms with Gasteiger partial charge in [0.1, 0.15) is 0 Å². The smallest absolute Gasteiger partial charge is 0.0502 e. The van der Waals surface area contributed by atoms with Gasteiger partial charge in [-0.15, -0.1) is 0 Å². The summed E-state index contributed by atoms with van der Waals surface area (Å²) in [6, 6.07) is 0. The highest BCUT2D eigenvalue weighted by Crippen LogP contribution is 2.57. The van der Waals surface area contributed by atoms with Crippen molar-refractivity contribution in [1.82, 2.24) is 4.90 Å². The van der Waals surface area contributed by atoms with Crippen molar-refractivity contribution in [2.75, 3.05) is 26.2 Å². The molecule has 2 unspecified atom stereocenters. The van der Waals surface area contributed by atoms with E-state index in [2.05, 4.69) is 25.7 Å². The Bertz CT molecular complexity index is 205. The average molecular weight is 183 g/mol. The number of piperidine rings is 1. The van der Waals surface area contributed by atoms with Crippen LogP contribution in [0.4, 0.5) is 0 Å². The predicted octanol–water partition coefficient (Wildman–Crippen LogP) is 1.35. The van der Waals surface area contributed by atoms with Crippen LogP contribution in [-0.4, -0.2) is 36.2 Å². The molecular weight excluding hydrogens is 162 g/mol. The highest BCUT2D eigenvalue weighted by atomic mass is 16.3. The van der Waals surface area contributed by atoms with Crippen LogP contribution in [0.5, 0.6) is 0 Å². The first-order valence-electron chi connectivity index (χ1n) is 5.28. The molecule has 0 amide bonds. The number of likely N-dealkylation sites (tertiary alicyclic amines) is 1. The van der Waals surface area contributed by atoms with Crippen LogP contribution in [0.1, 0.15) is 27.2 Å². The van der Waals surface area contributed by atoms with E-state index in [0.717, 1.165) is 12.5 Å². The Morgan fingerprint density at radius 3 is 2.62 bits per heavy atom. The van der Waals surface area contributed by atoms with Gasteiger partial charge in [0.05, 0.1) is 6.61 Å². The molecule has 1 saturated heterocycles. The summed E-state index contributed by atoms with van der Waals surface area (Å²) in [5.41, 5.74) is 0.721. The van der Waals surface area contributed by atoms with Crippen molar-refractivity contribution in [2.45, 2.75) is 27.2 Å². The topological polar surface area (TPSA) is 23.5 Å². The number of fused-ring (bicyclic) bond motifs is 1. The van der Waals surface area contributed by atoms with Crippen LogP contribution >= 0.6 is 0 Å². The lowest BCUT2D eigenvalue weighted by molar-refractivity contribution is 0.161. The van der Waals surface area contributed by atoms with Gasteiger partial charge in [-0.05, 0) is 17.8 Å². The van der Waals surface area contributed by atoms with Crippen molar-refractivity contribution >= 4 is 0 Å². The summed E-state index contributed by atoms with van der Waals surface area (Å²) in [4.78, 5) is 2.52. The van der Waals surface area contributed by atoms with Crippen LogP contribution in [0.3, 0.4) is 0 Å². The number of aliphatic hydroxyl groups excluding tert-OH is 1. The monoisotopic (exact) mass is 183 g/mol. The highest BCUT2D eigenvalue weighted by Gasteiger charge is 2.59. The summed E-state index contributed by atoms with van der Waals surface area (Å²) >= 11 is 0. The van der Waals surface area contributed by atoms with Crippen LogP contribution in [0.15, 0.2) is 0 Å². The van der Waals surface area contributed by atoms with Crippen molar-refractivity contribution in [1.29, 1.82) is 0 Å². The van der Waals surface area contributed by atoms with Gasteiger partial charge in [0.15, 0.2) is 0 Å². The molecule has 2 heteroatoms. The Kier molecular flexibility index (Phi) is 1.97. The molecule has 1 aliphatic heterocycles.